The second-order valence-electron chi connectivity index (χ2n) is 8.97. The minimum atomic E-state index is -0.454. The molecule has 1 aliphatic heterocycles. The number of ether oxygens (including phenoxy) is 1. The van der Waals surface area contributed by atoms with Crippen molar-refractivity contribution < 1.29 is 9.53 Å². The Balaban J connectivity index is 1.78. The van der Waals surface area contributed by atoms with Crippen LogP contribution in [-0.4, -0.2) is 65.3 Å². The highest BCUT2D eigenvalue weighted by Gasteiger charge is 2.34. The van der Waals surface area contributed by atoms with Crippen molar-refractivity contribution in [3.8, 4) is 0 Å². The molecular weight excluding hydrogens is 290 g/mol. The van der Waals surface area contributed by atoms with Gasteiger partial charge >= 0.3 is 6.09 Å². The van der Waals surface area contributed by atoms with Crippen LogP contribution in [0.15, 0.2) is 0 Å². The van der Waals surface area contributed by atoms with Crippen molar-refractivity contribution in [2.75, 3.05) is 26.2 Å². The van der Waals surface area contributed by atoms with Crippen LogP contribution in [0.3, 0.4) is 0 Å². The third-order valence-corrected chi connectivity index (χ3v) is 4.47. The first-order valence-electron chi connectivity index (χ1n) is 9.04. The van der Waals surface area contributed by atoms with Gasteiger partial charge in [-0.1, -0.05) is 0 Å². The predicted molar refractivity (Wildman–Crippen MR) is 93.7 cm³/mol. The van der Waals surface area contributed by atoms with Crippen LogP contribution in [0.5, 0.6) is 0 Å². The lowest BCUT2D eigenvalue weighted by molar-refractivity contribution is 0.00648. The second-order valence-corrected chi connectivity index (χ2v) is 8.97. The van der Waals surface area contributed by atoms with Crippen molar-refractivity contribution in [3.05, 3.63) is 0 Å². The third-order valence-electron chi connectivity index (χ3n) is 4.47. The lowest BCUT2D eigenvalue weighted by Gasteiger charge is -2.37. The van der Waals surface area contributed by atoms with E-state index in [9.17, 15) is 4.79 Å². The number of amides is 1. The molecule has 0 aromatic rings. The van der Waals surface area contributed by atoms with Gasteiger partial charge in [0, 0.05) is 43.8 Å². The molecule has 1 saturated heterocycles. The van der Waals surface area contributed by atoms with E-state index in [1.807, 2.05) is 25.7 Å². The molecule has 1 heterocycles. The third kappa shape index (κ3) is 5.96. The topological polar surface area (TPSA) is 44.8 Å². The number of rotatable bonds is 5. The van der Waals surface area contributed by atoms with E-state index in [0.29, 0.717) is 12.6 Å². The molecule has 23 heavy (non-hydrogen) atoms. The Kier molecular flexibility index (Phi) is 5.62. The smallest absolute Gasteiger partial charge is 0.410 e. The fraction of sp³-hybridized carbons (Fsp3) is 0.944. The molecule has 5 heteroatoms. The van der Waals surface area contributed by atoms with E-state index >= 15 is 0 Å². The highest BCUT2D eigenvalue weighted by molar-refractivity contribution is 5.69. The van der Waals surface area contributed by atoms with Crippen molar-refractivity contribution in [1.82, 2.24) is 15.1 Å². The fourth-order valence-electron chi connectivity index (χ4n) is 3.12. The zero-order chi connectivity index (χ0) is 17.3. The molecule has 2 fully saturated rings. The molecule has 2 rings (SSSR count). The van der Waals surface area contributed by atoms with Crippen LogP contribution in [0.1, 0.15) is 60.8 Å². The van der Waals surface area contributed by atoms with Gasteiger partial charge < -0.3 is 15.0 Å². The molecule has 134 valence electrons. The van der Waals surface area contributed by atoms with Crippen LogP contribution >= 0.6 is 0 Å². The van der Waals surface area contributed by atoms with Crippen molar-refractivity contribution in [1.29, 1.82) is 0 Å². The summed E-state index contributed by atoms with van der Waals surface area (Å²) in [4.78, 5) is 16.9. The molecule has 0 aromatic carbocycles. The quantitative estimate of drug-likeness (QED) is 0.844. The van der Waals surface area contributed by atoms with Gasteiger partial charge in [-0.3, -0.25) is 4.90 Å². The molecule has 2 aliphatic rings. The molecule has 0 aromatic heterocycles. The summed E-state index contributed by atoms with van der Waals surface area (Å²) in [6.45, 7) is 15.8. The number of hydrogen-bond acceptors (Lipinski definition) is 4. The van der Waals surface area contributed by atoms with Gasteiger partial charge in [0.2, 0.25) is 0 Å². The monoisotopic (exact) mass is 325 g/mol. The highest BCUT2D eigenvalue weighted by atomic mass is 16.6. The lowest BCUT2D eigenvalue weighted by Crippen LogP contribution is -2.51. The van der Waals surface area contributed by atoms with Gasteiger partial charge in [-0.05, 0) is 60.8 Å². The van der Waals surface area contributed by atoms with Crippen LogP contribution in [0.2, 0.25) is 0 Å². The minimum Gasteiger partial charge on any atom is -0.444 e. The Labute approximate surface area is 141 Å². The summed E-state index contributed by atoms with van der Waals surface area (Å²) < 4.78 is 5.56. The van der Waals surface area contributed by atoms with Gasteiger partial charge in [-0.2, -0.15) is 0 Å². The molecule has 1 saturated carbocycles. The predicted octanol–water partition coefficient (Wildman–Crippen LogP) is 2.85. The van der Waals surface area contributed by atoms with Crippen LogP contribution in [0, 0.1) is 0 Å². The number of carbonyl (C=O) groups is 1. The largest absolute Gasteiger partial charge is 0.444 e. The summed E-state index contributed by atoms with van der Waals surface area (Å²) in [7, 11) is 0. The number of hydrogen-bond donors (Lipinski definition) is 1. The number of carbonyl (C=O) groups excluding carboxylic acids is 1. The first-order valence-corrected chi connectivity index (χ1v) is 9.04. The van der Waals surface area contributed by atoms with Crippen LogP contribution in [0.25, 0.3) is 0 Å². The van der Waals surface area contributed by atoms with Crippen LogP contribution in [0.4, 0.5) is 4.79 Å². The summed E-state index contributed by atoms with van der Waals surface area (Å²) in [5.74, 6) is 0. The second kappa shape index (κ2) is 6.98. The van der Waals surface area contributed by atoms with E-state index in [1.165, 1.54) is 25.8 Å². The Morgan fingerprint density at radius 3 is 2.35 bits per heavy atom. The van der Waals surface area contributed by atoms with Crippen molar-refractivity contribution in [2.24, 2.45) is 0 Å². The summed E-state index contributed by atoms with van der Waals surface area (Å²) in [6, 6.07) is 1.42. The zero-order valence-electron chi connectivity index (χ0n) is 15.8. The standard InChI is InChI=1S/C18H35N3O2/c1-17(2,3)21(16(22)23-18(4,5)6)12-10-19-14-9-11-20(13-14)15-7-8-15/h14-15,19H,7-13H2,1-6H3. The normalized spacial score (nSPS) is 23.1. The molecular formula is C18H35N3O2. The molecule has 0 radical (unpaired) electrons. The van der Waals surface area contributed by atoms with Crippen molar-refractivity contribution >= 4 is 6.09 Å². The fourth-order valence-corrected chi connectivity index (χ4v) is 3.12. The van der Waals surface area contributed by atoms with E-state index in [4.69, 9.17) is 4.74 Å². The number of nitrogens with zero attached hydrogens (tertiary/aromatic N) is 2. The van der Waals surface area contributed by atoms with Gasteiger partial charge in [0.05, 0.1) is 0 Å². The number of likely N-dealkylation sites (tertiary alicyclic amines) is 1. The lowest BCUT2D eigenvalue weighted by atomic mass is 10.1. The summed E-state index contributed by atoms with van der Waals surface area (Å²) in [5, 5.41) is 3.62. The molecule has 1 amide bonds. The van der Waals surface area contributed by atoms with Gasteiger partial charge in [-0.25, -0.2) is 4.79 Å². The Bertz CT molecular complexity index is 407. The van der Waals surface area contributed by atoms with Gasteiger partial charge in [-0.15, -0.1) is 0 Å². The van der Waals surface area contributed by atoms with E-state index in [0.717, 1.165) is 19.1 Å². The molecule has 1 N–H and O–H groups in total. The SMILES string of the molecule is CC(C)(C)OC(=O)N(CCNC1CCN(C2CC2)C1)C(C)(C)C. The van der Waals surface area contributed by atoms with Crippen molar-refractivity contribution in [2.45, 2.75) is 84.0 Å². The average molecular weight is 325 g/mol. The van der Waals surface area contributed by atoms with Gasteiger partial charge in [0.15, 0.2) is 0 Å². The molecule has 0 spiro atoms. The summed E-state index contributed by atoms with van der Waals surface area (Å²) in [5.41, 5.74) is -0.691. The average Bonchev–Trinajstić information content (AvgIpc) is 3.11. The van der Waals surface area contributed by atoms with E-state index in [1.54, 1.807) is 0 Å². The minimum absolute atomic E-state index is 0.224. The zero-order valence-corrected chi connectivity index (χ0v) is 15.8. The maximum Gasteiger partial charge on any atom is 0.410 e. The molecule has 1 aliphatic carbocycles. The van der Waals surface area contributed by atoms with Crippen molar-refractivity contribution in [3.63, 3.8) is 0 Å². The van der Waals surface area contributed by atoms with E-state index in [2.05, 4.69) is 31.0 Å². The Morgan fingerprint density at radius 2 is 1.83 bits per heavy atom. The number of nitrogens with one attached hydrogen (secondary N) is 1. The summed E-state index contributed by atoms with van der Waals surface area (Å²) >= 11 is 0. The first kappa shape index (κ1) is 18.5. The Hall–Kier alpha value is -0.810. The van der Waals surface area contributed by atoms with E-state index in [-0.39, 0.29) is 11.6 Å². The maximum atomic E-state index is 12.5. The molecule has 5 nitrogen and oxygen atoms in total. The van der Waals surface area contributed by atoms with Gasteiger partial charge in [0.25, 0.3) is 0 Å². The van der Waals surface area contributed by atoms with Gasteiger partial charge in [0.1, 0.15) is 5.60 Å². The van der Waals surface area contributed by atoms with Crippen LogP contribution < -0.4 is 5.32 Å². The molecule has 1 atom stereocenters. The molecule has 1 unspecified atom stereocenters. The van der Waals surface area contributed by atoms with E-state index < -0.39 is 5.60 Å². The highest BCUT2D eigenvalue weighted by Crippen LogP contribution is 2.29. The molecule has 0 bridgehead atoms. The maximum absolute atomic E-state index is 12.5. The Morgan fingerprint density at radius 1 is 1.17 bits per heavy atom. The first-order chi connectivity index (χ1) is 10.6. The summed E-state index contributed by atoms with van der Waals surface area (Å²) in [6.07, 6.45) is 3.75. The van der Waals surface area contributed by atoms with Crippen LogP contribution in [-0.2, 0) is 4.74 Å².